The molecule has 7 heteroatoms. The third-order valence-electron chi connectivity index (χ3n) is 3.36. The number of nitrogens with zero attached hydrogens (tertiary/aromatic N) is 2. The molecular weight excluding hydrogens is 324 g/mol. The molecule has 0 N–H and O–H groups in total. The van der Waals surface area contributed by atoms with Crippen molar-refractivity contribution in [2.45, 2.75) is 19.6 Å². The fourth-order valence-corrected chi connectivity index (χ4v) is 3.38. The Morgan fingerprint density at radius 1 is 1.59 bits per heavy atom. The summed E-state index contributed by atoms with van der Waals surface area (Å²) in [6, 6.07) is 5.40. The minimum absolute atomic E-state index is 0.104. The van der Waals surface area contributed by atoms with Gasteiger partial charge in [-0.15, -0.1) is 11.3 Å². The molecule has 1 aliphatic rings. The maximum absolute atomic E-state index is 12.9. The van der Waals surface area contributed by atoms with Crippen molar-refractivity contribution in [1.82, 2.24) is 4.98 Å². The van der Waals surface area contributed by atoms with Crippen LogP contribution in [0, 0.1) is 0 Å². The fraction of sp³-hybridized carbons (Fsp3) is 0.333. The van der Waals surface area contributed by atoms with Gasteiger partial charge in [-0.25, -0.2) is 4.98 Å². The molecule has 0 radical (unpaired) electrons. The van der Waals surface area contributed by atoms with Crippen LogP contribution in [0.4, 0.5) is 5.69 Å². The summed E-state index contributed by atoms with van der Waals surface area (Å²) in [7, 11) is 1.58. The molecule has 5 nitrogen and oxygen atoms in total. The average molecular weight is 339 g/mol. The molecule has 3 rings (SSSR count). The molecule has 0 bridgehead atoms. The molecule has 1 amide bonds. The Balaban J connectivity index is 2.00. The number of halogens is 1. The Bertz CT molecular complexity index is 704. The summed E-state index contributed by atoms with van der Waals surface area (Å²) in [6.45, 7) is 2.69. The summed E-state index contributed by atoms with van der Waals surface area (Å²) in [5, 5.41) is 0.503. The van der Waals surface area contributed by atoms with E-state index >= 15 is 0 Å². The highest BCUT2D eigenvalue weighted by molar-refractivity contribution is 7.12. The Morgan fingerprint density at radius 2 is 2.41 bits per heavy atom. The van der Waals surface area contributed by atoms with Crippen LogP contribution < -0.4 is 9.64 Å². The number of carbonyl (C=O) groups excluding carboxylic acids is 1. The minimum atomic E-state index is -0.129. The molecule has 1 aliphatic heterocycles. The van der Waals surface area contributed by atoms with Crippen LogP contribution in [0.1, 0.15) is 22.3 Å². The van der Waals surface area contributed by atoms with E-state index in [-0.39, 0.29) is 12.0 Å². The number of amides is 1. The summed E-state index contributed by atoms with van der Waals surface area (Å²) < 4.78 is 10.9. The molecule has 0 spiro atoms. The second kappa shape index (κ2) is 6.24. The Morgan fingerprint density at radius 3 is 3.18 bits per heavy atom. The first-order valence-corrected chi connectivity index (χ1v) is 8.06. The van der Waals surface area contributed by atoms with Crippen molar-refractivity contribution in [3.8, 4) is 5.75 Å². The quantitative estimate of drug-likeness (QED) is 0.861. The topological polar surface area (TPSA) is 51.7 Å². The van der Waals surface area contributed by atoms with Crippen LogP contribution in [0.15, 0.2) is 23.7 Å². The number of thiazole rings is 1. The lowest BCUT2D eigenvalue weighted by Crippen LogP contribution is -2.42. The van der Waals surface area contributed by atoms with E-state index < -0.39 is 0 Å². The monoisotopic (exact) mass is 338 g/mol. The van der Waals surface area contributed by atoms with Gasteiger partial charge in [0.05, 0.1) is 35.1 Å². The zero-order valence-electron chi connectivity index (χ0n) is 12.2. The van der Waals surface area contributed by atoms with Crippen LogP contribution in [-0.4, -0.2) is 30.6 Å². The summed E-state index contributed by atoms with van der Waals surface area (Å²) in [6.07, 6.45) is -0.129. The van der Waals surface area contributed by atoms with Crippen LogP contribution in [-0.2, 0) is 11.3 Å². The first-order chi connectivity index (χ1) is 10.6. The van der Waals surface area contributed by atoms with Crippen molar-refractivity contribution in [3.63, 3.8) is 0 Å². The number of rotatable bonds is 3. The number of carbonyl (C=O) groups is 1. The minimum Gasteiger partial charge on any atom is -0.485 e. The van der Waals surface area contributed by atoms with Crippen molar-refractivity contribution in [2.75, 3.05) is 18.6 Å². The Labute approximate surface area is 137 Å². The molecule has 116 valence electrons. The number of ether oxygens (including phenoxy) is 2. The van der Waals surface area contributed by atoms with E-state index in [0.29, 0.717) is 40.2 Å². The van der Waals surface area contributed by atoms with Gasteiger partial charge in [0.1, 0.15) is 11.0 Å². The average Bonchev–Trinajstić information content (AvgIpc) is 2.95. The molecule has 1 aromatic carbocycles. The van der Waals surface area contributed by atoms with Gasteiger partial charge in [0.25, 0.3) is 5.91 Å². The molecular formula is C15H15ClN2O3S. The molecule has 2 aromatic rings. The van der Waals surface area contributed by atoms with E-state index in [1.807, 2.05) is 19.1 Å². The normalized spacial score (nSPS) is 17.0. The van der Waals surface area contributed by atoms with Gasteiger partial charge in [-0.1, -0.05) is 17.7 Å². The van der Waals surface area contributed by atoms with Crippen LogP contribution in [0.3, 0.4) is 0 Å². The number of hydrogen-bond acceptors (Lipinski definition) is 5. The number of para-hydroxylation sites is 1. The van der Waals surface area contributed by atoms with Crippen molar-refractivity contribution in [2.24, 2.45) is 0 Å². The second-order valence-electron chi connectivity index (χ2n) is 4.99. The standard InChI is InChI=1S/C15H15ClN2O3S/c1-9-6-18(12-5-3-4-10(16)13(12)21-9)15(19)14-11(7-20-2)17-8-22-14/h3-5,8-9H,6-7H2,1-2H3. The predicted octanol–water partition coefficient (Wildman–Crippen LogP) is 3.37. The molecule has 0 fully saturated rings. The summed E-state index contributed by atoms with van der Waals surface area (Å²) in [4.78, 5) is 19.4. The molecule has 1 aromatic heterocycles. The van der Waals surface area contributed by atoms with E-state index in [4.69, 9.17) is 21.1 Å². The highest BCUT2D eigenvalue weighted by Gasteiger charge is 2.31. The van der Waals surface area contributed by atoms with E-state index in [1.54, 1.807) is 23.6 Å². The summed E-state index contributed by atoms with van der Waals surface area (Å²) in [5.41, 5.74) is 3.00. The molecule has 1 unspecified atom stereocenters. The van der Waals surface area contributed by atoms with E-state index in [1.165, 1.54) is 11.3 Å². The van der Waals surface area contributed by atoms with Gasteiger partial charge in [0.15, 0.2) is 5.75 Å². The number of benzene rings is 1. The molecule has 0 aliphatic carbocycles. The molecule has 2 heterocycles. The van der Waals surface area contributed by atoms with Crippen LogP contribution >= 0.6 is 22.9 Å². The van der Waals surface area contributed by atoms with Crippen molar-refractivity contribution in [3.05, 3.63) is 39.3 Å². The van der Waals surface area contributed by atoms with E-state index in [9.17, 15) is 4.79 Å². The van der Waals surface area contributed by atoms with Gasteiger partial charge in [0, 0.05) is 7.11 Å². The Hall–Kier alpha value is -1.63. The number of fused-ring (bicyclic) bond motifs is 1. The molecule has 1 atom stereocenters. The highest BCUT2D eigenvalue weighted by Crippen LogP contribution is 2.40. The molecule has 0 saturated heterocycles. The number of hydrogen-bond donors (Lipinski definition) is 0. The van der Waals surface area contributed by atoms with Crippen molar-refractivity contribution in [1.29, 1.82) is 0 Å². The van der Waals surface area contributed by atoms with E-state index in [0.717, 1.165) is 0 Å². The van der Waals surface area contributed by atoms with Crippen LogP contribution in [0.2, 0.25) is 5.02 Å². The van der Waals surface area contributed by atoms with Gasteiger partial charge in [0.2, 0.25) is 0 Å². The fourth-order valence-electron chi connectivity index (χ4n) is 2.42. The van der Waals surface area contributed by atoms with Gasteiger partial charge < -0.3 is 14.4 Å². The zero-order chi connectivity index (χ0) is 15.7. The smallest absolute Gasteiger partial charge is 0.270 e. The SMILES string of the molecule is COCc1ncsc1C(=O)N1CC(C)Oc2c(Cl)cccc21. The first-order valence-electron chi connectivity index (χ1n) is 6.80. The maximum atomic E-state index is 12.9. The lowest BCUT2D eigenvalue weighted by atomic mass is 10.2. The van der Waals surface area contributed by atoms with Gasteiger partial charge in [-0.2, -0.15) is 0 Å². The zero-order valence-corrected chi connectivity index (χ0v) is 13.8. The lowest BCUT2D eigenvalue weighted by molar-refractivity contribution is 0.0960. The predicted molar refractivity (Wildman–Crippen MR) is 86.0 cm³/mol. The maximum Gasteiger partial charge on any atom is 0.270 e. The van der Waals surface area contributed by atoms with Crippen LogP contribution in [0.25, 0.3) is 0 Å². The van der Waals surface area contributed by atoms with Gasteiger partial charge in [-0.05, 0) is 19.1 Å². The van der Waals surface area contributed by atoms with Gasteiger partial charge >= 0.3 is 0 Å². The third-order valence-corrected chi connectivity index (χ3v) is 4.51. The van der Waals surface area contributed by atoms with Crippen LogP contribution in [0.5, 0.6) is 5.75 Å². The summed E-state index contributed by atoms with van der Waals surface area (Å²) >= 11 is 7.51. The number of aromatic nitrogens is 1. The number of anilines is 1. The largest absolute Gasteiger partial charge is 0.485 e. The lowest BCUT2D eigenvalue weighted by Gasteiger charge is -2.33. The summed E-state index contributed by atoms with van der Waals surface area (Å²) in [5.74, 6) is 0.447. The Kier molecular flexibility index (Phi) is 4.33. The highest BCUT2D eigenvalue weighted by atomic mass is 35.5. The first kappa shape index (κ1) is 15.3. The van der Waals surface area contributed by atoms with Crippen molar-refractivity contribution < 1.29 is 14.3 Å². The third kappa shape index (κ3) is 2.69. The van der Waals surface area contributed by atoms with Crippen molar-refractivity contribution >= 4 is 34.5 Å². The molecule has 0 saturated carbocycles. The van der Waals surface area contributed by atoms with E-state index in [2.05, 4.69) is 4.98 Å². The second-order valence-corrected chi connectivity index (χ2v) is 6.26. The van der Waals surface area contributed by atoms with Gasteiger partial charge in [-0.3, -0.25) is 4.79 Å². The molecule has 22 heavy (non-hydrogen) atoms. The number of methoxy groups -OCH3 is 1.